The van der Waals surface area contributed by atoms with Crippen LogP contribution in [0.1, 0.15) is 35.2 Å². The molecule has 30 heavy (non-hydrogen) atoms. The van der Waals surface area contributed by atoms with Gasteiger partial charge < -0.3 is 14.8 Å². The molecule has 1 aromatic heterocycles. The van der Waals surface area contributed by atoms with Crippen molar-refractivity contribution in [3.8, 4) is 22.8 Å². The van der Waals surface area contributed by atoms with Gasteiger partial charge in [0, 0.05) is 37.2 Å². The van der Waals surface area contributed by atoms with E-state index in [4.69, 9.17) is 9.47 Å². The summed E-state index contributed by atoms with van der Waals surface area (Å²) in [5, 5.41) is 7.70. The van der Waals surface area contributed by atoms with Gasteiger partial charge in [0.2, 0.25) is 0 Å². The Labute approximate surface area is 175 Å². The molecule has 0 spiro atoms. The summed E-state index contributed by atoms with van der Waals surface area (Å²) < 4.78 is 13.2. The van der Waals surface area contributed by atoms with Gasteiger partial charge in [0.25, 0.3) is 5.91 Å². The van der Waals surface area contributed by atoms with Crippen LogP contribution in [-0.4, -0.2) is 35.4 Å². The maximum absolute atomic E-state index is 13.1. The third-order valence-corrected chi connectivity index (χ3v) is 5.92. The fourth-order valence-electron chi connectivity index (χ4n) is 4.03. The zero-order valence-electron chi connectivity index (χ0n) is 17.1. The zero-order chi connectivity index (χ0) is 20.6. The summed E-state index contributed by atoms with van der Waals surface area (Å²) >= 11 is 0. The van der Waals surface area contributed by atoms with E-state index < -0.39 is 0 Å². The van der Waals surface area contributed by atoms with Gasteiger partial charge in [-0.1, -0.05) is 30.3 Å². The molecule has 0 unspecified atom stereocenters. The smallest absolute Gasteiger partial charge is 0.255 e. The van der Waals surface area contributed by atoms with Gasteiger partial charge in [-0.2, -0.15) is 5.10 Å². The molecule has 2 heterocycles. The molecule has 1 N–H and O–H groups in total. The predicted octanol–water partition coefficient (Wildman–Crippen LogP) is 3.71. The Hall–Kier alpha value is -3.28. The number of amides is 1. The molecule has 2 aromatic carbocycles. The molecule has 6 nitrogen and oxygen atoms in total. The van der Waals surface area contributed by atoms with Crippen molar-refractivity contribution < 1.29 is 14.3 Å². The van der Waals surface area contributed by atoms with Crippen LogP contribution in [0.5, 0.6) is 11.5 Å². The van der Waals surface area contributed by atoms with Crippen LogP contribution in [0.4, 0.5) is 0 Å². The van der Waals surface area contributed by atoms with E-state index in [9.17, 15) is 4.79 Å². The molecule has 0 saturated heterocycles. The van der Waals surface area contributed by atoms with Crippen molar-refractivity contribution in [1.29, 1.82) is 0 Å². The number of aryl methyl sites for hydroxylation is 1. The highest BCUT2D eigenvalue weighted by Crippen LogP contribution is 2.47. The second-order valence-corrected chi connectivity index (χ2v) is 8.11. The van der Waals surface area contributed by atoms with Crippen LogP contribution in [0.2, 0.25) is 0 Å². The highest BCUT2D eigenvalue weighted by Gasteiger charge is 2.44. The quantitative estimate of drug-likeness (QED) is 0.705. The highest BCUT2D eigenvalue weighted by molar-refractivity contribution is 6.00. The van der Waals surface area contributed by atoms with Crippen molar-refractivity contribution in [1.82, 2.24) is 15.1 Å². The molecule has 1 aliphatic carbocycles. The number of carbonyl (C=O) groups excluding carboxylic acids is 1. The molecule has 0 radical (unpaired) electrons. The molecule has 1 saturated carbocycles. The molecular weight excluding hydrogens is 378 g/mol. The topological polar surface area (TPSA) is 65.4 Å². The molecule has 5 rings (SSSR count). The predicted molar refractivity (Wildman–Crippen MR) is 114 cm³/mol. The fourth-order valence-corrected chi connectivity index (χ4v) is 4.03. The van der Waals surface area contributed by atoms with E-state index in [1.165, 1.54) is 5.56 Å². The lowest BCUT2D eigenvalue weighted by atomic mass is 9.96. The number of rotatable bonds is 5. The Balaban J connectivity index is 1.37. The van der Waals surface area contributed by atoms with Crippen molar-refractivity contribution in [2.45, 2.75) is 24.7 Å². The van der Waals surface area contributed by atoms with E-state index in [0.717, 1.165) is 30.6 Å². The van der Waals surface area contributed by atoms with Gasteiger partial charge in [0.05, 0.1) is 18.8 Å². The summed E-state index contributed by atoms with van der Waals surface area (Å²) in [6.45, 7) is 1.89. The van der Waals surface area contributed by atoms with E-state index in [1.807, 2.05) is 31.3 Å². The van der Waals surface area contributed by atoms with Crippen LogP contribution in [0.15, 0.2) is 54.7 Å². The van der Waals surface area contributed by atoms with Crippen molar-refractivity contribution >= 4 is 5.91 Å². The first kappa shape index (κ1) is 18.7. The number of hydrogen-bond donors (Lipinski definition) is 1. The number of nitrogens with one attached hydrogen (secondary N) is 1. The van der Waals surface area contributed by atoms with E-state index in [-0.39, 0.29) is 11.3 Å². The monoisotopic (exact) mass is 403 g/mol. The van der Waals surface area contributed by atoms with Crippen LogP contribution in [0.3, 0.4) is 0 Å². The van der Waals surface area contributed by atoms with Gasteiger partial charge in [-0.25, -0.2) is 0 Å². The van der Waals surface area contributed by atoms with Gasteiger partial charge in [0.15, 0.2) is 11.5 Å². The Bertz CT molecular complexity index is 1070. The molecule has 3 aromatic rings. The molecule has 0 atom stereocenters. The normalized spacial score (nSPS) is 16.6. The lowest BCUT2D eigenvalue weighted by Crippen LogP contribution is -2.32. The van der Waals surface area contributed by atoms with Gasteiger partial charge >= 0.3 is 0 Å². The minimum atomic E-state index is -0.104. The molecule has 6 heteroatoms. The molecule has 0 bridgehead atoms. The number of aromatic nitrogens is 2. The molecule has 1 fully saturated rings. The first-order valence-electron chi connectivity index (χ1n) is 10.4. The number of benzene rings is 2. The van der Waals surface area contributed by atoms with Crippen LogP contribution in [-0.2, 0) is 12.5 Å². The minimum absolute atomic E-state index is 0.0640. The van der Waals surface area contributed by atoms with Crippen molar-refractivity contribution in [2.24, 2.45) is 7.05 Å². The minimum Gasteiger partial charge on any atom is -0.490 e. The van der Waals surface area contributed by atoms with E-state index in [1.54, 1.807) is 10.9 Å². The Morgan fingerprint density at radius 1 is 1.10 bits per heavy atom. The molecule has 154 valence electrons. The first-order valence-corrected chi connectivity index (χ1v) is 10.4. The van der Waals surface area contributed by atoms with Gasteiger partial charge in [0.1, 0.15) is 5.69 Å². The van der Waals surface area contributed by atoms with Crippen LogP contribution in [0, 0.1) is 0 Å². The van der Waals surface area contributed by atoms with Crippen LogP contribution < -0.4 is 14.8 Å². The number of hydrogen-bond acceptors (Lipinski definition) is 4. The Morgan fingerprint density at radius 3 is 2.63 bits per heavy atom. The summed E-state index contributed by atoms with van der Waals surface area (Å²) in [7, 11) is 1.83. The number of nitrogens with zero attached hydrogens (tertiary/aromatic N) is 2. The lowest BCUT2D eigenvalue weighted by molar-refractivity contribution is 0.0950. The number of ether oxygens (including phenoxy) is 2. The molecule has 1 aliphatic heterocycles. The summed E-state index contributed by atoms with van der Waals surface area (Å²) in [5.74, 6) is 1.33. The van der Waals surface area contributed by atoms with Crippen molar-refractivity contribution in [3.05, 3.63) is 65.9 Å². The second-order valence-electron chi connectivity index (χ2n) is 8.11. The zero-order valence-corrected chi connectivity index (χ0v) is 17.1. The van der Waals surface area contributed by atoms with Gasteiger partial charge in [-0.3, -0.25) is 9.48 Å². The van der Waals surface area contributed by atoms with Crippen molar-refractivity contribution in [2.75, 3.05) is 19.8 Å². The second kappa shape index (κ2) is 7.52. The lowest BCUT2D eigenvalue weighted by Gasteiger charge is -2.16. The van der Waals surface area contributed by atoms with Crippen molar-refractivity contribution in [3.63, 3.8) is 0 Å². The average molecular weight is 403 g/mol. The summed E-state index contributed by atoms with van der Waals surface area (Å²) in [4.78, 5) is 13.1. The fraction of sp³-hybridized carbons (Fsp3) is 0.333. The summed E-state index contributed by atoms with van der Waals surface area (Å²) in [6.07, 6.45) is 4.82. The largest absolute Gasteiger partial charge is 0.490 e. The molecular formula is C24H25N3O3. The van der Waals surface area contributed by atoms with E-state index in [0.29, 0.717) is 36.8 Å². The molecule has 1 amide bonds. The van der Waals surface area contributed by atoms with E-state index in [2.05, 4.69) is 34.7 Å². The van der Waals surface area contributed by atoms with Crippen LogP contribution in [0.25, 0.3) is 11.3 Å². The van der Waals surface area contributed by atoms with Gasteiger partial charge in [-0.15, -0.1) is 0 Å². The molecule has 2 aliphatic rings. The maximum atomic E-state index is 13.1. The average Bonchev–Trinajstić information content (AvgIpc) is 3.52. The maximum Gasteiger partial charge on any atom is 0.255 e. The third-order valence-electron chi connectivity index (χ3n) is 5.92. The summed E-state index contributed by atoms with van der Waals surface area (Å²) in [6, 6.07) is 16.2. The number of fused-ring (bicyclic) bond motifs is 1. The van der Waals surface area contributed by atoms with E-state index >= 15 is 0 Å². The Kier molecular flexibility index (Phi) is 4.69. The van der Waals surface area contributed by atoms with Gasteiger partial charge in [-0.05, 0) is 36.6 Å². The SMILES string of the molecule is Cn1cc(C(=O)NCC2(c3ccccc3)CC2)c(-c2ccc3c(c2)OCCCO3)n1. The Morgan fingerprint density at radius 2 is 1.87 bits per heavy atom. The summed E-state index contributed by atoms with van der Waals surface area (Å²) in [5.41, 5.74) is 3.41. The first-order chi connectivity index (χ1) is 14.6. The number of carbonyl (C=O) groups is 1. The third kappa shape index (κ3) is 3.54. The standard InChI is InChI=1S/C24H25N3O3/c1-27-15-19(23(28)25-16-24(10-11-24)18-6-3-2-4-7-18)22(26-27)17-8-9-20-21(14-17)30-13-5-12-29-20/h2-4,6-9,14-15H,5,10-13,16H2,1H3,(H,25,28). The van der Waals surface area contributed by atoms with Crippen LogP contribution >= 0.6 is 0 Å². The highest BCUT2D eigenvalue weighted by atomic mass is 16.5.